The Kier molecular flexibility index (Phi) is 4.15. The molecule has 1 amide bonds. The lowest BCUT2D eigenvalue weighted by Crippen LogP contribution is -2.38. The minimum Gasteiger partial charge on any atom is -0.394 e. The zero-order chi connectivity index (χ0) is 15.5. The number of aromatic nitrogens is 1. The number of carbonyl (C=O) groups is 1. The van der Waals surface area contributed by atoms with Crippen LogP contribution >= 0.6 is 11.3 Å². The number of para-hydroxylation sites is 1. The van der Waals surface area contributed by atoms with Gasteiger partial charge in [-0.05, 0) is 24.3 Å². The van der Waals surface area contributed by atoms with Crippen LogP contribution in [0.25, 0.3) is 20.8 Å². The Morgan fingerprint density at radius 1 is 1.27 bits per heavy atom. The highest BCUT2D eigenvalue weighted by molar-refractivity contribution is 7.21. The Bertz CT molecular complexity index is 783. The maximum absolute atomic E-state index is 11.7. The van der Waals surface area contributed by atoms with Crippen LogP contribution < -0.4 is 11.1 Å². The fourth-order valence-electron chi connectivity index (χ4n) is 2.04. The molecule has 0 unspecified atom stereocenters. The van der Waals surface area contributed by atoms with E-state index in [0.717, 1.165) is 20.8 Å². The van der Waals surface area contributed by atoms with Crippen LogP contribution in [-0.4, -0.2) is 28.6 Å². The van der Waals surface area contributed by atoms with E-state index in [1.165, 1.54) is 0 Å². The van der Waals surface area contributed by atoms with Crippen molar-refractivity contribution in [3.8, 4) is 10.6 Å². The maximum atomic E-state index is 11.7. The van der Waals surface area contributed by atoms with E-state index in [1.54, 1.807) is 17.4 Å². The Labute approximate surface area is 131 Å². The summed E-state index contributed by atoms with van der Waals surface area (Å²) in [4.78, 5) is 16.3. The number of anilines is 1. The second-order valence-corrected chi connectivity index (χ2v) is 5.88. The fraction of sp³-hybridized carbons (Fsp3) is 0.125. The quantitative estimate of drug-likeness (QED) is 0.689. The molecule has 0 bridgehead atoms. The number of carbonyl (C=O) groups excluding carboxylic acids is 1. The highest BCUT2D eigenvalue weighted by Crippen LogP contribution is 2.31. The zero-order valence-electron chi connectivity index (χ0n) is 11.7. The summed E-state index contributed by atoms with van der Waals surface area (Å²) in [5.74, 6) is -0.413. The van der Waals surface area contributed by atoms with Crippen LogP contribution in [0, 0.1) is 0 Å². The molecule has 0 aliphatic heterocycles. The first-order valence-corrected chi connectivity index (χ1v) is 7.62. The molecule has 3 aromatic rings. The first-order valence-electron chi connectivity index (χ1n) is 6.80. The van der Waals surface area contributed by atoms with Crippen molar-refractivity contribution in [2.45, 2.75) is 6.04 Å². The number of benzene rings is 2. The Hall–Kier alpha value is -2.28. The number of hydrogen-bond acceptors (Lipinski definition) is 5. The van der Waals surface area contributed by atoms with Gasteiger partial charge in [-0.15, -0.1) is 11.3 Å². The summed E-state index contributed by atoms with van der Waals surface area (Å²) in [6, 6.07) is 14.4. The summed E-state index contributed by atoms with van der Waals surface area (Å²) < 4.78 is 1.12. The van der Waals surface area contributed by atoms with Crippen molar-refractivity contribution in [3.63, 3.8) is 0 Å². The second-order valence-electron chi connectivity index (χ2n) is 4.85. The van der Waals surface area contributed by atoms with Crippen LogP contribution in [-0.2, 0) is 4.79 Å². The van der Waals surface area contributed by atoms with Crippen LogP contribution in [0.5, 0.6) is 0 Å². The highest BCUT2D eigenvalue weighted by Gasteiger charge is 2.13. The van der Waals surface area contributed by atoms with Gasteiger partial charge in [-0.2, -0.15) is 0 Å². The van der Waals surface area contributed by atoms with Gasteiger partial charge in [-0.1, -0.05) is 24.3 Å². The Morgan fingerprint density at radius 3 is 2.86 bits per heavy atom. The third-order valence-electron chi connectivity index (χ3n) is 3.20. The number of nitrogens with one attached hydrogen (secondary N) is 1. The lowest BCUT2D eigenvalue weighted by atomic mass is 10.2. The number of amides is 1. The summed E-state index contributed by atoms with van der Waals surface area (Å²) in [5.41, 5.74) is 8.01. The standard InChI is InChI=1S/C16H15N3O2S/c17-12(9-20)15(21)18-11-5-3-4-10(8-11)16-19-13-6-1-2-7-14(13)22-16/h1-8,12,20H,9,17H2,(H,18,21)/t12-/m0/s1. The number of thiazole rings is 1. The first kappa shape index (κ1) is 14.6. The van der Waals surface area contributed by atoms with Crippen LogP contribution in [0.3, 0.4) is 0 Å². The fourth-order valence-corrected chi connectivity index (χ4v) is 3.01. The van der Waals surface area contributed by atoms with E-state index in [4.69, 9.17) is 10.8 Å². The topological polar surface area (TPSA) is 88.2 Å². The molecule has 3 rings (SSSR count). The van der Waals surface area contributed by atoms with E-state index >= 15 is 0 Å². The molecule has 0 spiro atoms. The normalized spacial score (nSPS) is 12.3. The molecule has 0 saturated carbocycles. The van der Waals surface area contributed by atoms with Crippen molar-refractivity contribution in [1.82, 2.24) is 4.98 Å². The number of fused-ring (bicyclic) bond motifs is 1. The predicted molar refractivity (Wildman–Crippen MR) is 88.7 cm³/mol. The second kappa shape index (κ2) is 6.23. The lowest BCUT2D eigenvalue weighted by molar-refractivity contribution is -0.118. The molecule has 1 heterocycles. The van der Waals surface area contributed by atoms with Crippen molar-refractivity contribution < 1.29 is 9.90 Å². The van der Waals surface area contributed by atoms with Crippen LogP contribution in [0.4, 0.5) is 5.69 Å². The van der Waals surface area contributed by atoms with Gasteiger partial charge in [0.25, 0.3) is 0 Å². The summed E-state index contributed by atoms with van der Waals surface area (Å²) in [6.45, 7) is -0.386. The third-order valence-corrected chi connectivity index (χ3v) is 4.29. The van der Waals surface area contributed by atoms with Crippen LogP contribution in [0.15, 0.2) is 48.5 Å². The Balaban J connectivity index is 1.89. The van der Waals surface area contributed by atoms with E-state index in [2.05, 4.69) is 10.3 Å². The Morgan fingerprint density at radius 2 is 2.09 bits per heavy atom. The number of nitrogens with zero attached hydrogens (tertiary/aromatic N) is 1. The molecule has 22 heavy (non-hydrogen) atoms. The third kappa shape index (κ3) is 2.99. The van der Waals surface area contributed by atoms with Crippen molar-refractivity contribution in [2.75, 3.05) is 11.9 Å². The average Bonchev–Trinajstić information content (AvgIpc) is 2.98. The minimum atomic E-state index is -0.925. The van der Waals surface area contributed by atoms with Gasteiger partial charge in [0, 0.05) is 11.3 Å². The smallest absolute Gasteiger partial charge is 0.243 e. The van der Waals surface area contributed by atoms with Crippen LogP contribution in [0.2, 0.25) is 0 Å². The maximum Gasteiger partial charge on any atom is 0.243 e. The van der Waals surface area contributed by atoms with Gasteiger partial charge in [0.05, 0.1) is 16.8 Å². The minimum absolute atomic E-state index is 0.386. The van der Waals surface area contributed by atoms with Gasteiger partial charge in [0.1, 0.15) is 11.0 Å². The SMILES string of the molecule is N[C@@H](CO)C(=O)Nc1cccc(-c2nc3ccccc3s2)c1. The first-order chi connectivity index (χ1) is 10.7. The van der Waals surface area contributed by atoms with Gasteiger partial charge in [-0.3, -0.25) is 4.79 Å². The number of aliphatic hydroxyl groups excluding tert-OH is 1. The van der Waals surface area contributed by atoms with Gasteiger partial charge in [0.2, 0.25) is 5.91 Å². The summed E-state index contributed by atoms with van der Waals surface area (Å²) in [7, 11) is 0. The van der Waals surface area contributed by atoms with E-state index in [1.807, 2.05) is 42.5 Å². The summed E-state index contributed by atoms with van der Waals surface area (Å²) >= 11 is 1.60. The van der Waals surface area contributed by atoms with Gasteiger partial charge < -0.3 is 16.2 Å². The molecule has 0 radical (unpaired) electrons. The zero-order valence-corrected chi connectivity index (χ0v) is 12.5. The molecular weight excluding hydrogens is 298 g/mol. The van der Waals surface area contributed by atoms with Gasteiger partial charge in [-0.25, -0.2) is 4.98 Å². The van der Waals surface area contributed by atoms with Crippen molar-refractivity contribution in [1.29, 1.82) is 0 Å². The molecule has 112 valence electrons. The predicted octanol–water partition coefficient (Wildman–Crippen LogP) is 2.22. The van der Waals surface area contributed by atoms with Gasteiger partial charge in [0.15, 0.2) is 0 Å². The molecule has 0 aliphatic carbocycles. The van der Waals surface area contributed by atoms with Crippen LogP contribution in [0.1, 0.15) is 0 Å². The van der Waals surface area contributed by atoms with E-state index in [-0.39, 0.29) is 6.61 Å². The molecule has 5 nitrogen and oxygen atoms in total. The summed E-state index contributed by atoms with van der Waals surface area (Å²) in [5, 5.41) is 12.5. The number of nitrogens with two attached hydrogens (primary N) is 1. The molecule has 0 fully saturated rings. The average molecular weight is 313 g/mol. The lowest BCUT2D eigenvalue weighted by Gasteiger charge is -2.10. The van der Waals surface area contributed by atoms with Gasteiger partial charge >= 0.3 is 0 Å². The monoisotopic (exact) mass is 313 g/mol. The van der Waals surface area contributed by atoms with Crippen molar-refractivity contribution >= 4 is 33.1 Å². The number of aliphatic hydroxyl groups is 1. The largest absolute Gasteiger partial charge is 0.394 e. The molecule has 2 aromatic carbocycles. The molecule has 1 aromatic heterocycles. The molecule has 0 aliphatic rings. The molecule has 6 heteroatoms. The molecule has 4 N–H and O–H groups in total. The molecule has 1 atom stereocenters. The van der Waals surface area contributed by atoms with Crippen molar-refractivity contribution in [3.05, 3.63) is 48.5 Å². The van der Waals surface area contributed by atoms with E-state index < -0.39 is 11.9 Å². The molecule has 0 saturated heterocycles. The van der Waals surface area contributed by atoms with Crippen molar-refractivity contribution in [2.24, 2.45) is 5.73 Å². The molecular formula is C16H15N3O2S. The van der Waals surface area contributed by atoms with E-state index in [9.17, 15) is 4.79 Å². The number of rotatable bonds is 4. The summed E-state index contributed by atoms with van der Waals surface area (Å²) in [6.07, 6.45) is 0. The van der Waals surface area contributed by atoms with E-state index in [0.29, 0.717) is 5.69 Å². The number of hydrogen-bond donors (Lipinski definition) is 3. The highest BCUT2D eigenvalue weighted by atomic mass is 32.1.